The van der Waals surface area contributed by atoms with E-state index in [4.69, 9.17) is 23.2 Å². The van der Waals surface area contributed by atoms with Gasteiger partial charge in [0, 0.05) is 6.42 Å². The number of unbranched alkanes of at least 4 members (excludes halogenated alkanes) is 3. The number of hydrogen-bond acceptors (Lipinski definition) is 1. The van der Waals surface area contributed by atoms with Crippen molar-refractivity contribution < 1.29 is 4.79 Å². The van der Waals surface area contributed by atoms with E-state index in [-0.39, 0.29) is 0 Å². The third-order valence-corrected chi connectivity index (χ3v) is 3.01. The zero-order chi connectivity index (χ0) is 11.1. The van der Waals surface area contributed by atoms with E-state index < -0.39 is 0 Å². The van der Waals surface area contributed by atoms with Gasteiger partial charge < -0.3 is 4.79 Å². The smallest absolute Gasteiger partial charge is 0.119 e. The fourth-order valence-corrected chi connectivity index (χ4v) is 1.75. The summed E-state index contributed by atoms with van der Waals surface area (Å²) in [7, 11) is 0. The predicted octanol–water partition coefficient (Wildman–Crippen LogP) is 4.30. The maximum absolute atomic E-state index is 10.1. The molecule has 0 aromatic heterocycles. The van der Waals surface area contributed by atoms with Gasteiger partial charge >= 0.3 is 0 Å². The van der Waals surface area contributed by atoms with E-state index in [0.717, 1.165) is 32.0 Å². The Morgan fingerprint density at radius 3 is 2.53 bits per heavy atom. The molecule has 15 heavy (non-hydrogen) atoms. The molecule has 0 aliphatic carbocycles. The summed E-state index contributed by atoms with van der Waals surface area (Å²) in [5.41, 5.74) is 1.20. The van der Waals surface area contributed by atoms with E-state index in [1.807, 2.05) is 18.2 Å². The molecule has 0 N–H and O–H groups in total. The maximum atomic E-state index is 10.1. The van der Waals surface area contributed by atoms with E-state index in [0.29, 0.717) is 16.5 Å². The Bertz CT molecular complexity index is 323. The summed E-state index contributed by atoms with van der Waals surface area (Å²) in [5, 5.41) is 1.21. The number of carbonyl (C=O) groups is 1. The van der Waals surface area contributed by atoms with Crippen LogP contribution in [0.3, 0.4) is 0 Å². The minimum absolute atomic E-state index is 0.598. The van der Waals surface area contributed by atoms with Gasteiger partial charge in [0.1, 0.15) is 6.29 Å². The normalized spacial score (nSPS) is 10.3. The molecule has 0 aliphatic heterocycles. The second kappa shape index (κ2) is 6.86. The molecule has 0 fully saturated rings. The Balaban J connectivity index is 2.31. The Labute approximate surface area is 100 Å². The zero-order valence-corrected chi connectivity index (χ0v) is 10.0. The number of carbonyl (C=O) groups excluding carboxylic acids is 1. The molecule has 0 bridgehead atoms. The topological polar surface area (TPSA) is 17.1 Å². The number of aryl methyl sites for hydroxylation is 1. The fraction of sp³-hybridized carbons (Fsp3) is 0.417. The van der Waals surface area contributed by atoms with Crippen LogP contribution in [0.15, 0.2) is 18.2 Å². The highest BCUT2D eigenvalue weighted by Crippen LogP contribution is 2.23. The molecule has 0 atom stereocenters. The van der Waals surface area contributed by atoms with E-state index in [9.17, 15) is 4.79 Å². The monoisotopic (exact) mass is 244 g/mol. The number of halogens is 2. The molecule has 1 aromatic carbocycles. The van der Waals surface area contributed by atoms with Gasteiger partial charge in [0.15, 0.2) is 0 Å². The standard InChI is InChI=1S/C12H14Cl2O/c13-11-7-6-10(9-12(11)14)5-3-1-2-4-8-15/h6-9H,1-5H2. The van der Waals surface area contributed by atoms with Crippen LogP contribution in [0.1, 0.15) is 31.2 Å². The van der Waals surface area contributed by atoms with Crippen molar-refractivity contribution in [3.05, 3.63) is 33.8 Å². The first-order valence-corrected chi connectivity index (χ1v) is 5.87. The third kappa shape index (κ3) is 4.67. The van der Waals surface area contributed by atoms with Gasteiger partial charge in [-0.3, -0.25) is 0 Å². The van der Waals surface area contributed by atoms with Crippen molar-refractivity contribution in [1.82, 2.24) is 0 Å². The number of hydrogen-bond donors (Lipinski definition) is 0. The van der Waals surface area contributed by atoms with Gasteiger partial charge in [0.05, 0.1) is 10.0 Å². The number of aldehydes is 1. The van der Waals surface area contributed by atoms with Crippen molar-refractivity contribution in [3.8, 4) is 0 Å². The zero-order valence-electron chi connectivity index (χ0n) is 8.51. The minimum atomic E-state index is 0.598. The molecule has 0 saturated carbocycles. The lowest BCUT2D eigenvalue weighted by atomic mass is 10.1. The van der Waals surface area contributed by atoms with E-state index in [1.54, 1.807) is 0 Å². The van der Waals surface area contributed by atoms with Crippen LogP contribution in [-0.2, 0) is 11.2 Å². The second-order valence-electron chi connectivity index (χ2n) is 3.51. The summed E-state index contributed by atoms with van der Waals surface area (Å²) in [4.78, 5) is 10.1. The Kier molecular flexibility index (Phi) is 5.74. The van der Waals surface area contributed by atoms with Gasteiger partial charge in [-0.15, -0.1) is 0 Å². The summed E-state index contributed by atoms with van der Waals surface area (Å²) in [5.74, 6) is 0. The van der Waals surface area contributed by atoms with Crippen LogP contribution in [0, 0.1) is 0 Å². The first-order chi connectivity index (χ1) is 7.24. The van der Waals surface area contributed by atoms with Crippen molar-refractivity contribution >= 4 is 29.5 Å². The molecule has 0 aliphatic rings. The molecule has 0 unspecified atom stereocenters. The SMILES string of the molecule is O=CCCCCCc1ccc(Cl)c(Cl)c1. The Hall–Kier alpha value is -0.530. The molecule has 0 heterocycles. The average Bonchev–Trinajstić information content (AvgIpc) is 2.23. The number of benzene rings is 1. The molecular formula is C12H14Cl2O. The lowest BCUT2D eigenvalue weighted by Crippen LogP contribution is -1.86. The van der Waals surface area contributed by atoms with E-state index >= 15 is 0 Å². The van der Waals surface area contributed by atoms with Crippen LogP contribution in [0.5, 0.6) is 0 Å². The average molecular weight is 245 g/mol. The third-order valence-electron chi connectivity index (χ3n) is 2.27. The number of rotatable bonds is 6. The molecule has 82 valence electrons. The van der Waals surface area contributed by atoms with Crippen LogP contribution < -0.4 is 0 Å². The summed E-state index contributed by atoms with van der Waals surface area (Å²) in [6.45, 7) is 0. The van der Waals surface area contributed by atoms with E-state index in [1.165, 1.54) is 5.56 Å². The molecule has 0 saturated heterocycles. The van der Waals surface area contributed by atoms with Gasteiger partial charge in [-0.1, -0.05) is 35.7 Å². The lowest BCUT2D eigenvalue weighted by Gasteiger charge is -2.02. The van der Waals surface area contributed by atoms with Crippen LogP contribution >= 0.6 is 23.2 Å². The first kappa shape index (κ1) is 12.5. The quantitative estimate of drug-likeness (QED) is 0.539. The van der Waals surface area contributed by atoms with Crippen molar-refractivity contribution in [2.45, 2.75) is 32.1 Å². The Morgan fingerprint density at radius 1 is 1.07 bits per heavy atom. The predicted molar refractivity (Wildman–Crippen MR) is 64.7 cm³/mol. The van der Waals surface area contributed by atoms with Crippen LogP contribution in [-0.4, -0.2) is 6.29 Å². The minimum Gasteiger partial charge on any atom is -0.303 e. The van der Waals surface area contributed by atoms with Crippen molar-refractivity contribution in [3.63, 3.8) is 0 Å². The van der Waals surface area contributed by atoms with Gasteiger partial charge in [-0.25, -0.2) is 0 Å². The van der Waals surface area contributed by atoms with Crippen LogP contribution in [0.25, 0.3) is 0 Å². The molecule has 0 spiro atoms. The first-order valence-electron chi connectivity index (χ1n) is 5.11. The Morgan fingerprint density at radius 2 is 1.87 bits per heavy atom. The summed E-state index contributed by atoms with van der Waals surface area (Å²) >= 11 is 11.7. The largest absolute Gasteiger partial charge is 0.303 e. The molecule has 1 nitrogen and oxygen atoms in total. The van der Waals surface area contributed by atoms with Crippen LogP contribution in [0.2, 0.25) is 10.0 Å². The summed E-state index contributed by atoms with van der Waals surface area (Å²) in [6, 6.07) is 5.72. The summed E-state index contributed by atoms with van der Waals surface area (Å²) in [6.07, 6.45) is 5.78. The molecule has 1 rings (SSSR count). The molecule has 3 heteroatoms. The highest BCUT2D eigenvalue weighted by Gasteiger charge is 1.99. The van der Waals surface area contributed by atoms with Gasteiger partial charge in [-0.2, -0.15) is 0 Å². The van der Waals surface area contributed by atoms with Gasteiger partial charge in [0.25, 0.3) is 0 Å². The maximum Gasteiger partial charge on any atom is 0.119 e. The van der Waals surface area contributed by atoms with Gasteiger partial charge in [-0.05, 0) is 37.0 Å². The molecule has 1 aromatic rings. The van der Waals surface area contributed by atoms with Gasteiger partial charge in [0.2, 0.25) is 0 Å². The van der Waals surface area contributed by atoms with Crippen molar-refractivity contribution in [2.24, 2.45) is 0 Å². The molecule has 0 amide bonds. The van der Waals surface area contributed by atoms with Crippen molar-refractivity contribution in [1.29, 1.82) is 0 Å². The highest BCUT2D eigenvalue weighted by molar-refractivity contribution is 6.42. The van der Waals surface area contributed by atoms with E-state index in [2.05, 4.69) is 0 Å². The molecular weight excluding hydrogens is 231 g/mol. The highest BCUT2D eigenvalue weighted by atomic mass is 35.5. The molecule has 0 radical (unpaired) electrons. The lowest BCUT2D eigenvalue weighted by molar-refractivity contribution is -0.107. The summed E-state index contributed by atoms with van der Waals surface area (Å²) < 4.78 is 0. The van der Waals surface area contributed by atoms with Crippen molar-refractivity contribution in [2.75, 3.05) is 0 Å². The second-order valence-corrected chi connectivity index (χ2v) is 4.33. The van der Waals surface area contributed by atoms with Crippen LogP contribution in [0.4, 0.5) is 0 Å². The fourth-order valence-electron chi connectivity index (χ4n) is 1.43.